The van der Waals surface area contributed by atoms with E-state index in [1.54, 1.807) is 12.1 Å². The van der Waals surface area contributed by atoms with Crippen molar-refractivity contribution in [3.63, 3.8) is 0 Å². The van der Waals surface area contributed by atoms with Gasteiger partial charge in [-0.2, -0.15) is 4.31 Å². The first kappa shape index (κ1) is 22.1. The van der Waals surface area contributed by atoms with Gasteiger partial charge in [-0.05, 0) is 59.5 Å². The molecule has 166 valence electrons. The minimum Gasteiger partial charge on any atom is -0.352 e. The first-order chi connectivity index (χ1) is 15.3. The Balaban J connectivity index is 1.59. The van der Waals surface area contributed by atoms with E-state index in [-0.39, 0.29) is 30.3 Å². The molecule has 0 radical (unpaired) electrons. The fourth-order valence-electron chi connectivity index (χ4n) is 3.97. The van der Waals surface area contributed by atoms with E-state index >= 15 is 0 Å². The molecule has 3 aromatic rings. The summed E-state index contributed by atoms with van der Waals surface area (Å²) in [7, 11) is -3.95. The molecule has 0 aliphatic carbocycles. The van der Waals surface area contributed by atoms with Gasteiger partial charge in [0.1, 0.15) is 11.6 Å². The maximum absolute atomic E-state index is 13.4. The second kappa shape index (κ2) is 9.18. The van der Waals surface area contributed by atoms with Crippen molar-refractivity contribution in [1.82, 2.24) is 9.62 Å². The van der Waals surface area contributed by atoms with Crippen molar-refractivity contribution in [3.05, 3.63) is 101 Å². The normalized spacial score (nSPS) is 16.4. The third kappa shape index (κ3) is 4.71. The highest BCUT2D eigenvalue weighted by Crippen LogP contribution is 2.36. The molecule has 8 heteroatoms. The van der Waals surface area contributed by atoms with Crippen LogP contribution in [0.2, 0.25) is 0 Å². The zero-order valence-electron chi connectivity index (χ0n) is 17.2. The number of amides is 1. The topological polar surface area (TPSA) is 66.5 Å². The summed E-state index contributed by atoms with van der Waals surface area (Å²) in [5.74, 6) is -1.27. The van der Waals surface area contributed by atoms with E-state index in [9.17, 15) is 22.0 Å². The zero-order valence-corrected chi connectivity index (χ0v) is 18.0. The van der Waals surface area contributed by atoms with Crippen LogP contribution in [-0.4, -0.2) is 25.2 Å². The van der Waals surface area contributed by atoms with Crippen molar-refractivity contribution in [3.8, 4) is 0 Å². The number of hydrogen-bond acceptors (Lipinski definition) is 3. The molecule has 0 aromatic heterocycles. The van der Waals surface area contributed by atoms with E-state index < -0.39 is 27.7 Å². The van der Waals surface area contributed by atoms with E-state index in [4.69, 9.17) is 0 Å². The van der Waals surface area contributed by atoms with Gasteiger partial charge in [0.2, 0.25) is 15.9 Å². The van der Waals surface area contributed by atoms with Crippen LogP contribution in [0.1, 0.15) is 29.2 Å². The van der Waals surface area contributed by atoms with Crippen LogP contribution in [0.25, 0.3) is 0 Å². The molecule has 0 fully saturated rings. The lowest BCUT2D eigenvalue weighted by Crippen LogP contribution is -2.42. The molecule has 0 unspecified atom stereocenters. The number of fused-ring (bicyclic) bond motifs is 1. The van der Waals surface area contributed by atoms with Gasteiger partial charge < -0.3 is 5.32 Å². The van der Waals surface area contributed by atoms with Crippen LogP contribution in [0.5, 0.6) is 0 Å². The minimum absolute atomic E-state index is 0.0246. The number of halogens is 2. The van der Waals surface area contributed by atoms with Crippen molar-refractivity contribution in [2.75, 3.05) is 6.54 Å². The van der Waals surface area contributed by atoms with Crippen LogP contribution in [0, 0.1) is 11.6 Å². The highest BCUT2D eigenvalue weighted by Gasteiger charge is 2.37. The Labute approximate surface area is 185 Å². The molecule has 5 nitrogen and oxygen atoms in total. The summed E-state index contributed by atoms with van der Waals surface area (Å²) in [6, 6.07) is 17.3. The summed E-state index contributed by atoms with van der Waals surface area (Å²) < 4.78 is 54.7. The van der Waals surface area contributed by atoms with E-state index in [1.165, 1.54) is 28.6 Å². The van der Waals surface area contributed by atoms with Gasteiger partial charge >= 0.3 is 0 Å². The molecule has 3 aromatic carbocycles. The lowest BCUT2D eigenvalue weighted by atomic mass is 9.92. The maximum atomic E-state index is 13.4. The molecule has 0 saturated carbocycles. The second-order valence-corrected chi connectivity index (χ2v) is 9.54. The Morgan fingerprint density at radius 2 is 1.72 bits per heavy atom. The first-order valence-corrected chi connectivity index (χ1v) is 11.6. The molecular formula is C24H22F2N2O3S. The summed E-state index contributed by atoms with van der Waals surface area (Å²) in [4.78, 5) is 12.7. The standard InChI is InChI=1S/C24H22F2N2O3S/c25-19-8-10-21(11-9-19)32(30,31)28-13-12-18-5-1-2-7-22(18)23(28)15-24(29)27-16-17-4-3-6-20(26)14-17/h1-11,14,23H,12-13,15-16H2,(H,27,29)/t23-/m1/s1. The smallest absolute Gasteiger partial charge is 0.243 e. The number of carbonyl (C=O) groups excluding carboxylic acids is 1. The van der Waals surface area contributed by atoms with Gasteiger partial charge in [0.25, 0.3) is 0 Å². The number of carbonyl (C=O) groups is 1. The lowest BCUT2D eigenvalue weighted by molar-refractivity contribution is -0.122. The molecule has 1 N–H and O–H groups in total. The van der Waals surface area contributed by atoms with Crippen molar-refractivity contribution < 1.29 is 22.0 Å². The Hall–Kier alpha value is -3.10. The van der Waals surface area contributed by atoms with Crippen molar-refractivity contribution in [1.29, 1.82) is 0 Å². The summed E-state index contributed by atoms with van der Waals surface area (Å²) >= 11 is 0. The third-order valence-corrected chi connectivity index (χ3v) is 7.46. The Morgan fingerprint density at radius 1 is 0.969 bits per heavy atom. The lowest BCUT2D eigenvalue weighted by Gasteiger charge is -2.36. The molecule has 4 rings (SSSR count). The van der Waals surface area contributed by atoms with Gasteiger partial charge in [0.15, 0.2) is 0 Å². The highest BCUT2D eigenvalue weighted by molar-refractivity contribution is 7.89. The minimum atomic E-state index is -3.95. The number of sulfonamides is 1. The van der Waals surface area contributed by atoms with Gasteiger partial charge in [-0.25, -0.2) is 17.2 Å². The fraction of sp³-hybridized carbons (Fsp3) is 0.208. The summed E-state index contributed by atoms with van der Waals surface area (Å²) in [5, 5.41) is 2.75. The van der Waals surface area contributed by atoms with Gasteiger partial charge in [-0.3, -0.25) is 4.79 Å². The van der Waals surface area contributed by atoms with E-state index in [0.29, 0.717) is 12.0 Å². The maximum Gasteiger partial charge on any atom is 0.243 e. The molecule has 1 amide bonds. The van der Waals surface area contributed by atoms with Crippen molar-refractivity contribution in [2.45, 2.75) is 30.3 Å². The van der Waals surface area contributed by atoms with Gasteiger partial charge in [0.05, 0.1) is 10.9 Å². The Kier molecular flexibility index (Phi) is 6.34. The first-order valence-electron chi connectivity index (χ1n) is 10.2. The van der Waals surface area contributed by atoms with E-state index in [0.717, 1.165) is 23.3 Å². The molecule has 0 spiro atoms. The number of nitrogens with one attached hydrogen (secondary N) is 1. The van der Waals surface area contributed by atoms with E-state index in [1.807, 2.05) is 24.3 Å². The predicted molar refractivity (Wildman–Crippen MR) is 116 cm³/mol. The van der Waals surface area contributed by atoms with Crippen LogP contribution in [0.3, 0.4) is 0 Å². The quantitative estimate of drug-likeness (QED) is 0.611. The number of hydrogen-bond donors (Lipinski definition) is 1. The molecule has 1 heterocycles. The van der Waals surface area contributed by atoms with Crippen LogP contribution in [0.4, 0.5) is 8.78 Å². The molecular weight excluding hydrogens is 434 g/mol. The van der Waals surface area contributed by atoms with Gasteiger partial charge in [-0.15, -0.1) is 0 Å². The average Bonchev–Trinajstić information content (AvgIpc) is 2.78. The van der Waals surface area contributed by atoms with E-state index in [2.05, 4.69) is 5.32 Å². The summed E-state index contributed by atoms with van der Waals surface area (Å²) in [6.45, 7) is 0.342. The fourth-order valence-corrected chi connectivity index (χ4v) is 5.57. The molecule has 32 heavy (non-hydrogen) atoms. The summed E-state index contributed by atoms with van der Waals surface area (Å²) in [6.07, 6.45) is 0.421. The SMILES string of the molecule is O=C(C[C@@H]1c2ccccc2CCN1S(=O)(=O)c1ccc(F)cc1)NCc1cccc(F)c1. The number of nitrogens with zero attached hydrogens (tertiary/aromatic N) is 1. The second-order valence-electron chi connectivity index (χ2n) is 7.65. The molecule has 0 bridgehead atoms. The predicted octanol–water partition coefficient (Wildman–Crippen LogP) is 3.96. The van der Waals surface area contributed by atoms with Crippen LogP contribution < -0.4 is 5.32 Å². The Bertz CT molecular complexity index is 1230. The van der Waals surface area contributed by atoms with Crippen molar-refractivity contribution >= 4 is 15.9 Å². The average molecular weight is 457 g/mol. The molecule has 0 saturated heterocycles. The summed E-state index contributed by atoms with van der Waals surface area (Å²) in [5.41, 5.74) is 2.37. The largest absolute Gasteiger partial charge is 0.352 e. The monoisotopic (exact) mass is 456 g/mol. The third-order valence-electron chi connectivity index (χ3n) is 5.54. The van der Waals surface area contributed by atoms with Crippen LogP contribution in [-0.2, 0) is 27.8 Å². The molecule has 1 aliphatic rings. The molecule has 1 aliphatic heterocycles. The van der Waals surface area contributed by atoms with Gasteiger partial charge in [-0.1, -0.05) is 36.4 Å². The Morgan fingerprint density at radius 3 is 2.47 bits per heavy atom. The number of rotatable bonds is 6. The van der Waals surface area contributed by atoms with Crippen LogP contribution >= 0.6 is 0 Å². The molecule has 1 atom stereocenters. The zero-order chi connectivity index (χ0) is 22.7. The van der Waals surface area contributed by atoms with Gasteiger partial charge in [0, 0.05) is 19.5 Å². The van der Waals surface area contributed by atoms with Crippen molar-refractivity contribution in [2.24, 2.45) is 0 Å². The highest BCUT2D eigenvalue weighted by atomic mass is 32.2. The number of benzene rings is 3. The van der Waals surface area contributed by atoms with Crippen LogP contribution in [0.15, 0.2) is 77.7 Å².